The number of benzene rings is 1. The summed E-state index contributed by atoms with van der Waals surface area (Å²) < 4.78 is 4.90. The molecule has 0 aliphatic carbocycles. The van der Waals surface area contributed by atoms with E-state index in [2.05, 4.69) is 5.32 Å². The number of ether oxygens (including phenoxy) is 1. The average molecular weight is 248 g/mol. The normalized spacial score (nSPS) is 15.2. The van der Waals surface area contributed by atoms with Gasteiger partial charge in [0.1, 0.15) is 0 Å². The van der Waals surface area contributed by atoms with Crippen LogP contribution in [0.1, 0.15) is 23.7 Å². The number of esters is 1. The van der Waals surface area contributed by atoms with Gasteiger partial charge in [-0.2, -0.15) is 0 Å². The van der Waals surface area contributed by atoms with Crippen LogP contribution in [0.3, 0.4) is 0 Å². The van der Waals surface area contributed by atoms with E-state index >= 15 is 0 Å². The van der Waals surface area contributed by atoms with Gasteiger partial charge in [0.25, 0.3) is 0 Å². The predicted octanol–water partition coefficient (Wildman–Crippen LogP) is 1.78. The van der Waals surface area contributed by atoms with Gasteiger partial charge in [-0.05, 0) is 37.6 Å². The minimum absolute atomic E-state index is 0.0925. The largest absolute Gasteiger partial charge is 0.462 e. The molecule has 0 aromatic heterocycles. The number of hydrogen-bond acceptors (Lipinski definition) is 3. The molecule has 96 valence electrons. The zero-order valence-electron chi connectivity index (χ0n) is 10.3. The molecular weight excluding hydrogens is 232 g/mol. The van der Waals surface area contributed by atoms with Gasteiger partial charge in [-0.15, -0.1) is 0 Å². The van der Waals surface area contributed by atoms with E-state index in [-0.39, 0.29) is 12.0 Å². The van der Waals surface area contributed by atoms with Crippen LogP contribution >= 0.6 is 0 Å². The smallest absolute Gasteiger partial charge is 0.338 e. The third-order valence-electron chi connectivity index (χ3n) is 2.77. The molecule has 1 heterocycles. The summed E-state index contributed by atoms with van der Waals surface area (Å²) in [5.41, 5.74) is 1.29. The lowest BCUT2D eigenvalue weighted by Crippen LogP contribution is -2.46. The van der Waals surface area contributed by atoms with Crippen molar-refractivity contribution >= 4 is 17.7 Å². The number of nitrogens with zero attached hydrogens (tertiary/aromatic N) is 1. The first-order valence-corrected chi connectivity index (χ1v) is 6.05. The maximum Gasteiger partial charge on any atom is 0.338 e. The van der Waals surface area contributed by atoms with Crippen molar-refractivity contribution in [3.05, 3.63) is 29.8 Å². The highest BCUT2D eigenvalue weighted by atomic mass is 16.5. The second-order valence-corrected chi connectivity index (χ2v) is 4.00. The number of carbonyl (C=O) groups excluding carboxylic acids is 2. The highest BCUT2D eigenvalue weighted by molar-refractivity contribution is 5.94. The van der Waals surface area contributed by atoms with Gasteiger partial charge < -0.3 is 10.1 Å². The van der Waals surface area contributed by atoms with E-state index in [1.165, 1.54) is 0 Å². The molecule has 0 bridgehead atoms. The molecule has 0 spiro atoms. The minimum Gasteiger partial charge on any atom is -0.462 e. The minimum atomic E-state index is -0.341. The van der Waals surface area contributed by atoms with Crippen molar-refractivity contribution in [3.8, 4) is 0 Å². The summed E-state index contributed by atoms with van der Waals surface area (Å²) in [5, 5.41) is 2.78. The Hall–Kier alpha value is -2.04. The van der Waals surface area contributed by atoms with Gasteiger partial charge in [0, 0.05) is 18.8 Å². The number of anilines is 1. The summed E-state index contributed by atoms with van der Waals surface area (Å²) in [6.45, 7) is 3.54. The molecular formula is C13H16N2O3. The highest BCUT2D eigenvalue weighted by Gasteiger charge is 2.19. The number of carbonyl (C=O) groups is 2. The first-order valence-electron chi connectivity index (χ1n) is 6.05. The van der Waals surface area contributed by atoms with Crippen LogP contribution in [-0.2, 0) is 4.74 Å². The van der Waals surface area contributed by atoms with E-state index in [0.717, 1.165) is 18.7 Å². The number of amides is 2. The van der Waals surface area contributed by atoms with Gasteiger partial charge in [-0.3, -0.25) is 4.90 Å². The van der Waals surface area contributed by atoms with Gasteiger partial charge in [-0.1, -0.05) is 0 Å². The van der Waals surface area contributed by atoms with Crippen LogP contribution in [0.15, 0.2) is 24.3 Å². The Morgan fingerprint density at radius 2 is 2.11 bits per heavy atom. The first-order chi connectivity index (χ1) is 8.72. The lowest BCUT2D eigenvalue weighted by molar-refractivity contribution is 0.0526. The van der Waals surface area contributed by atoms with Gasteiger partial charge in [-0.25, -0.2) is 9.59 Å². The molecule has 1 aromatic carbocycles. The molecule has 1 aromatic rings. The fraction of sp³-hybridized carbons (Fsp3) is 0.385. The van der Waals surface area contributed by atoms with Gasteiger partial charge in [0.15, 0.2) is 0 Å². The Morgan fingerprint density at radius 3 is 2.72 bits per heavy atom. The monoisotopic (exact) mass is 248 g/mol. The first kappa shape index (κ1) is 12.4. The van der Waals surface area contributed by atoms with Crippen molar-refractivity contribution in [1.82, 2.24) is 5.32 Å². The highest BCUT2D eigenvalue weighted by Crippen LogP contribution is 2.17. The molecule has 0 atom stereocenters. The Kier molecular flexibility index (Phi) is 3.82. The lowest BCUT2D eigenvalue weighted by atomic mass is 10.2. The van der Waals surface area contributed by atoms with E-state index in [4.69, 9.17) is 4.74 Å². The van der Waals surface area contributed by atoms with E-state index in [9.17, 15) is 9.59 Å². The van der Waals surface area contributed by atoms with Crippen molar-refractivity contribution in [2.45, 2.75) is 13.3 Å². The summed E-state index contributed by atoms with van der Waals surface area (Å²) in [7, 11) is 0. The molecule has 0 radical (unpaired) electrons. The molecule has 5 heteroatoms. The summed E-state index contributed by atoms with van der Waals surface area (Å²) >= 11 is 0. The zero-order chi connectivity index (χ0) is 13.0. The maximum atomic E-state index is 11.6. The van der Waals surface area contributed by atoms with Gasteiger partial charge in [0.2, 0.25) is 0 Å². The Balaban J connectivity index is 2.11. The molecule has 1 fully saturated rings. The summed E-state index contributed by atoms with van der Waals surface area (Å²) in [5.74, 6) is -0.341. The van der Waals surface area contributed by atoms with Crippen molar-refractivity contribution in [3.63, 3.8) is 0 Å². The van der Waals surface area contributed by atoms with Crippen LogP contribution in [-0.4, -0.2) is 31.7 Å². The summed E-state index contributed by atoms with van der Waals surface area (Å²) in [4.78, 5) is 24.8. The molecule has 0 unspecified atom stereocenters. The Labute approximate surface area is 106 Å². The number of urea groups is 1. The molecule has 1 aliphatic rings. The third kappa shape index (κ3) is 2.61. The van der Waals surface area contributed by atoms with Crippen LogP contribution in [0.4, 0.5) is 10.5 Å². The van der Waals surface area contributed by atoms with E-state index in [0.29, 0.717) is 18.7 Å². The Morgan fingerprint density at radius 1 is 1.39 bits per heavy atom. The quantitative estimate of drug-likeness (QED) is 0.829. The van der Waals surface area contributed by atoms with Crippen molar-refractivity contribution in [2.24, 2.45) is 0 Å². The van der Waals surface area contributed by atoms with Gasteiger partial charge in [0.05, 0.1) is 12.2 Å². The maximum absolute atomic E-state index is 11.6. The van der Waals surface area contributed by atoms with Crippen LogP contribution in [0.5, 0.6) is 0 Å². The van der Waals surface area contributed by atoms with E-state index < -0.39 is 0 Å². The fourth-order valence-corrected chi connectivity index (χ4v) is 1.87. The van der Waals surface area contributed by atoms with Crippen LogP contribution in [0.25, 0.3) is 0 Å². The molecule has 18 heavy (non-hydrogen) atoms. The average Bonchev–Trinajstić information content (AvgIpc) is 2.40. The molecule has 5 nitrogen and oxygen atoms in total. The topological polar surface area (TPSA) is 58.6 Å². The Bertz CT molecular complexity index is 442. The number of rotatable bonds is 3. The predicted molar refractivity (Wildman–Crippen MR) is 67.8 cm³/mol. The van der Waals surface area contributed by atoms with Gasteiger partial charge >= 0.3 is 12.0 Å². The molecule has 1 aliphatic heterocycles. The fourth-order valence-electron chi connectivity index (χ4n) is 1.87. The molecule has 1 saturated heterocycles. The van der Waals surface area contributed by atoms with Crippen molar-refractivity contribution in [2.75, 3.05) is 24.6 Å². The second-order valence-electron chi connectivity index (χ2n) is 4.00. The van der Waals surface area contributed by atoms with Crippen molar-refractivity contribution < 1.29 is 14.3 Å². The van der Waals surface area contributed by atoms with Crippen molar-refractivity contribution in [1.29, 1.82) is 0 Å². The SMILES string of the molecule is CCOC(=O)c1ccc(N2CCCNC2=O)cc1. The summed E-state index contributed by atoms with van der Waals surface area (Å²) in [6.07, 6.45) is 0.922. The molecule has 1 N–H and O–H groups in total. The molecule has 0 saturated carbocycles. The zero-order valence-corrected chi connectivity index (χ0v) is 10.3. The number of hydrogen-bond donors (Lipinski definition) is 1. The van der Waals surface area contributed by atoms with Crippen LogP contribution in [0, 0.1) is 0 Å². The van der Waals surface area contributed by atoms with Crippen LogP contribution in [0.2, 0.25) is 0 Å². The third-order valence-corrected chi connectivity index (χ3v) is 2.77. The van der Waals surface area contributed by atoms with E-state index in [1.807, 2.05) is 0 Å². The lowest BCUT2D eigenvalue weighted by Gasteiger charge is -2.27. The number of nitrogens with one attached hydrogen (secondary N) is 1. The van der Waals surface area contributed by atoms with E-state index in [1.54, 1.807) is 36.1 Å². The molecule has 2 amide bonds. The standard InChI is InChI=1S/C13H16N2O3/c1-2-18-12(16)10-4-6-11(7-5-10)15-9-3-8-14-13(15)17/h4-7H,2-3,8-9H2,1H3,(H,14,17). The molecule has 2 rings (SSSR count). The summed E-state index contributed by atoms with van der Waals surface area (Å²) in [6, 6.07) is 6.78. The van der Waals surface area contributed by atoms with Crippen LogP contribution < -0.4 is 10.2 Å². The second kappa shape index (κ2) is 5.53.